The van der Waals surface area contributed by atoms with E-state index in [1.54, 1.807) is 6.08 Å². The minimum absolute atomic E-state index is 0.0783. The topological polar surface area (TPSA) is 69.6 Å². The molecule has 2 atom stereocenters. The van der Waals surface area contributed by atoms with Crippen LogP contribution in [0.5, 0.6) is 0 Å². The van der Waals surface area contributed by atoms with Crippen LogP contribution in [0, 0.1) is 0 Å². The van der Waals surface area contributed by atoms with Crippen LogP contribution in [-0.4, -0.2) is 34.9 Å². The summed E-state index contributed by atoms with van der Waals surface area (Å²) in [4.78, 5) is 12.5. The maximum absolute atomic E-state index is 12.5. The molecule has 0 aromatic carbocycles. The molecule has 0 aliphatic heterocycles. The third-order valence-electron chi connectivity index (χ3n) is 15.8. The van der Waals surface area contributed by atoms with Gasteiger partial charge in [-0.1, -0.05) is 359 Å². The Morgan fingerprint density at radius 1 is 0.301 bits per heavy atom. The lowest BCUT2D eigenvalue weighted by Crippen LogP contribution is -2.45. The highest BCUT2D eigenvalue weighted by Gasteiger charge is 2.18. The first-order valence-corrected chi connectivity index (χ1v) is 35.9. The number of aliphatic hydroxyl groups excluding tert-OH is 2. The normalized spacial score (nSPS) is 13.5. The molecule has 3 N–H and O–H groups in total. The van der Waals surface area contributed by atoms with Gasteiger partial charge < -0.3 is 15.5 Å². The van der Waals surface area contributed by atoms with Gasteiger partial charge in [0.2, 0.25) is 5.91 Å². The number of hydrogen-bond donors (Lipinski definition) is 3. The van der Waals surface area contributed by atoms with Gasteiger partial charge in [-0.15, -0.1) is 0 Å². The van der Waals surface area contributed by atoms with Crippen molar-refractivity contribution < 1.29 is 15.0 Å². The third-order valence-corrected chi connectivity index (χ3v) is 15.8. The van der Waals surface area contributed by atoms with Gasteiger partial charge in [0.05, 0.1) is 18.8 Å². The second-order valence-electron chi connectivity index (χ2n) is 23.9. The molecule has 0 aliphatic rings. The lowest BCUT2D eigenvalue weighted by molar-refractivity contribution is -0.123. The Kier molecular flexibility index (Phi) is 69.7. The van der Waals surface area contributed by atoms with Gasteiger partial charge >= 0.3 is 0 Å². The molecule has 0 radical (unpaired) electrons. The van der Waals surface area contributed by atoms with E-state index in [-0.39, 0.29) is 12.5 Å². The Morgan fingerprint density at radius 2 is 0.542 bits per heavy atom. The van der Waals surface area contributed by atoms with Gasteiger partial charge in [-0.25, -0.2) is 0 Å². The van der Waals surface area contributed by atoms with E-state index in [1.165, 1.54) is 231 Å². The lowest BCUT2D eigenvalue weighted by Gasteiger charge is -2.19. The van der Waals surface area contributed by atoms with Crippen LogP contribution in [0.3, 0.4) is 0 Å². The molecule has 0 spiro atoms. The molecule has 0 aromatic rings. The summed E-state index contributed by atoms with van der Waals surface area (Å²) in [5.41, 5.74) is 0. The highest BCUT2D eigenvalue weighted by molar-refractivity contribution is 5.76. The van der Waals surface area contributed by atoms with Crippen LogP contribution in [0.2, 0.25) is 0 Å². The number of allylic oxidation sites excluding steroid dienone is 21. The Morgan fingerprint density at radius 3 is 0.843 bits per heavy atom. The van der Waals surface area contributed by atoms with Gasteiger partial charge in [0.15, 0.2) is 0 Å². The quantitative estimate of drug-likeness (QED) is 0.0420. The zero-order valence-corrected chi connectivity index (χ0v) is 54.9. The zero-order valence-electron chi connectivity index (χ0n) is 54.9. The molecule has 0 heterocycles. The molecule has 1 amide bonds. The molecule has 0 fully saturated rings. The minimum Gasteiger partial charge on any atom is -0.394 e. The molecule has 4 heteroatoms. The molecular weight excluding hydrogens is 1010 g/mol. The summed E-state index contributed by atoms with van der Waals surface area (Å²) in [6.45, 7) is 4.20. The van der Waals surface area contributed by atoms with Crippen LogP contribution in [0.25, 0.3) is 0 Å². The predicted octanol–water partition coefficient (Wildman–Crippen LogP) is 24.9. The first-order valence-electron chi connectivity index (χ1n) is 35.9. The first kappa shape index (κ1) is 79.5. The van der Waals surface area contributed by atoms with Crippen LogP contribution in [0.15, 0.2) is 134 Å². The molecule has 0 saturated heterocycles. The summed E-state index contributed by atoms with van der Waals surface area (Å²) in [6.07, 6.45) is 113. The number of carbonyl (C=O) groups excluding carboxylic acids is 1. The zero-order chi connectivity index (χ0) is 59.8. The molecule has 0 saturated carbocycles. The molecule has 0 rings (SSSR count). The third kappa shape index (κ3) is 69.2. The van der Waals surface area contributed by atoms with Gasteiger partial charge in [-0.3, -0.25) is 4.79 Å². The van der Waals surface area contributed by atoms with Crippen molar-refractivity contribution in [3.8, 4) is 0 Å². The van der Waals surface area contributed by atoms with Crippen molar-refractivity contribution in [1.29, 1.82) is 0 Å². The summed E-state index contributed by atoms with van der Waals surface area (Å²) in [5, 5.41) is 23.3. The fourth-order valence-corrected chi connectivity index (χ4v) is 10.5. The number of carbonyl (C=O) groups is 1. The Labute approximate surface area is 517 Å². The average molecular weight is 1150 g/mol. The molecular formula is C79H137NO3. The number of nitrogens with one attached hydrogen (secondary N) is 1. The molecule has 83 heavy (non-hydrogen) atoms. The smallest absolute Gasteiger partial charge is 0.220 e. The van der Waals surface area contributed by atoms with E-state index in [4.69, 9.17) is 0 Å². The van der Waals surface area contributed by atoms with Crippen molar-refractivity contribution in [3.05, 3.63) is 134 Å². The molecule has 0 bridgehead atoms. The van der Waals surface area contributed by atoms with Crippen molar-refractivity contribution in [2.24, 2.45) is 0 Å². The maximum Gasteiger partial charge on any atom is 0.220 e. The first-order chi connectivity index (χ1) is 41.2. The van der Waals surface area contributed by atoms with Crippen molar-refractivity contribution in [3.63, 3.8) is 0 Å². The predicted molar refractivity (Wildman–Crippen MR) is 372 cm³/mol. The number of unbranched alkanes of at least 4 members (excludes halogenated alkanes) is 38. The van der Waals surface area contributed by atoms with Gasteiger partial charge in [0, 0.05) is 6.42 Å². The number of hydrogen-bond acceptors (Lipinski definition) is 3. The van der Waals surface area contributed by atoms with Gasteiger partial charge in [-0.2, -0.15) is 0 Å². The van der Waals surface area contributed by atoms with E-state index >= 15 is 0 Å². The number of amides is 1. The Hall–Kier alpha value is -3.47. The van der Waals surface area contributed by atoms with E-state index in [2.05, 4.69) is 141 Å². The monoisotopic (exact) mass is 1150 g/mol. The summed E-state index contributed by atoms with van der Waals surface area (Å²) < 4.78 is 0. The Bertz CT molecular complexity index is 1640. The van der Waals surface area contributed by atoms with E-state index in [1.807, 2.05) is 6.08 Å². The highest BCUT2D eigenvalue weighted by atomic mass is 16.3. The molecule has 4 nitrogen and oxygen atoms in total. The van der Waals surface area contributed by atoms with Gasteiger partial charge in [0.25, 0.3) is 0 Å². The maximum atomic E-state index is 12.5. The minimum atomic E-state index is -0.879. The second-order valence-corrected chi connectivity index (χ2v) is 23.9. The molecule has 476 valence electrons. The Balaban J connectivity index is 3.55. The summed E-state index contributed by atoms with van der Waals surface area (Å²) in [6, 6.07) is -0.654. The summed E-state index contributed by atoms with van der Waals surface area (Å²) >= 11 is 0. The summed E-state index contributed by atoms with van der Waals surface area (Å²) in [5.74, 6) is -0.0783. The standard InChI is InChI=1S/C79H137NO3/c1-3-5-7-9-11-13-15-17-19-21-23-25-27-29-31-33-35-36-37-38-39-40-41-42-43-44-45-47-49-51-53-55-57-59-61-63-65-67-69-71-73-75-79(83)80-77(76-81)78(82)74-72-70-68-66-64-62-60-58-56-54-52-50-48-46-34-32-30-28-26-24-22-20-18-16-14-12-10-8-6-4-2/h5,7,11,13,17,19,23,25,29,31,35-36,38-39,41-42,56,58,64,66,72,74,77-78,81-82H,3-4,6,8-10,12,14-16,18,20-22,24,26-28,30,32-34,37,40,43-55,57,59-63,65,67-71,73,75-76H2,1-2H3,(H,80,83)/b7-5-,13-11-,19-17-,25-23-,31-29-,36-35-,39-38-,42-41-,58-56+,66-64+,74-72+. The average Bonchev–Trinajstić information content (AvgIpc) is 3.51. The van der Waals surface area contributed by atoms with Crippen LogP contribution < -0.4 is 5.32 Å². The second kappa shape index (κ2) is 72.8. The number of rotatable bonds is 65. The SMILES string of the molecule is CC/C=C\C/C=C\C/C=C\C/C=C\C/C=C\C/C=C\C/C=C\C/C=C\CCCCCCCCCCCCCCCCCCC(=O)NC(CO)C(O)/C=C/CC/C=C/CC/C=C/CCCCCCCCCCCCCCCCCCCCCC. The fraction of sp³-hybridized carbons (Fsp3) is 0.709. The fourth-order valence-electron chi connectivity index (χ4n) is 10.5. The van der Waals surface area contributed by atoms with Crippen molar-refractivity contribution in [2.45, 2.75) is 353 Å². The van der Waals surface area contributed by atoms with Crippen molar-refractivity contribution in [1.82, 2.24) is 5.32 Å². The van der Waals surface area contributed by atoms with Gasteiger partial charge in [-0.05, 0) is 109 Å². The van der Waals surface area contributed by atoms with E-state index in [9.17, 15) is 15.0 Å². The summed E-state index contributed by atoms with van der Waals surface area (Å²) in [7, 11) is 0. The molecule has 0 aromatic heterocycles. The van der Waals surface area contributed by atoms with Crippen LogP contribution >= 0.6 is 0 Å². The van der Waals surface area contributed by atoms with Crippen LogP contribution in [0.1, 0.15) is 341 Å². The number of aliphatic hydroxyl groups is 2. The largest absolute Gasteiger partial charge is 0.394 e. The van der Waals surface area contributed by atoms with Crippen LogP contribution in [0.4, 0.5) is 0 Å². The molecule has 2 unspecified atom stereocenters. The van der Waals surface area contributed by atoms with Gasteiger partial charge in [0.1, 0.15) is 0 Å². The van der Waals surface area contributed by atoms with Crippen molar-refractivity contribution >= 4 is 5.91 Å². The van der Waals surface area contributed by atoms with Crippen LogP contribution in [-0.2, 0) is 4.79 Å². The molecule has 0 aliphatic carbocycles. The van der Waals surface area contributed by atoms with Crippen molar-refractivity contribution in [2.75, 3.05) is 6.61 Å². The van der Waals surface area contributed by atoms with E-state index in [0.717, 1.165) is 89.9 Å². The van der Waals surface area contributed by atoms with E-state index < -0.39 is 12.1 Å². The highest BCUT2D eigenvalue weighted by Crippen LogP contribution is 2.17. The lowest BCUT2D eigenvalue weighted by atomic mass is 10.0. The van der Waals surface area contributed by atoms with E-state index in [0.29, 0.717) is 6.42 Å².